The number of aromatic nitrogens is 2. The van der Waals surface area contributed by atoms with Gasteiger partial charge in [0.05, 0.1) is 11.7 Å². The molecule has 24 heavy (non-hydrogen) atoms. The van der Waals surface area contributed by atoms with Gasteiger partial charge in [0.2, 0.25) is 0 Å². The smallest absolute Gasteiger partial charge is 0.319 e. The van der Waals surface area contributed by atoms with E-state index in [4.69, 9.17) is 0 Å². The van der Waals surface area contributed by atoms with Crippen molar-refractivity contribution < 1.29 is 4.79 Å². The largest absolute Gasteiger partial charge is 0.331 e. The van der Waals surface area contributed by atoms with E-state index in [0.29, 0.717) is 0 Å². The van der Waals surface area contributed by atoms with E-state index in [1.807, 2.05) is 50.7 Å². The Hall–Kier alpha value is -2.30. The average Bonchev–Trinajstić information content (AvgIpc) is 2.71. The molecular formula is C19H28N4O. The molecule has 0 bridgehead atoms. The molecule has 0 aliphatic carbocycles. The first-order valence-electron chi connectivity index (χ1n) is 8.28. The zero-order chi connectivity index (χ0) is 18.1. The number of carbonyl (C=O) groups excluding carboxylic acids is 1. The normalized spacial score (nSPS) is 12.8. The van der Waals surface area contributed by atoms with Gasteiger partial charge in [-0.3, -0.25) is 4.68 Å². The Morgan fingerprint density at radius 2 is 1.83 bits per heavy atom. The summed E-state index contributed by atoms with van der Waals surface area (Å²) in [4.78, 5) is 12.5. The molecule has 2 amide bonds. The van der Waals surface area contributed by atoms with Gasteiger partial charge in [0.15, 0.2) is 0 Å². The van der Waals surface area contributed by atoms with Crippen molar-refractivity contribution in [3.63, 3.8) is 0 Å². The summed E-state index contributed by atoms with van der Waals surface area (Å²) in [6.45, 7) is 12.4. The molecule has 1 aromatic carbocycles. The first-order chi connectivity index (χ1) is 11.1. The molecule has 130 valence electrons. The first-order valence-corrected chi connectivity index (χ1v) is 8.28. The van der Waals surface area contributed by atoms with Crippen LogP contribution in [0.4, 0.5) is 10.5 Å². The van der Waals surface area contributed by atoms with E-state index in [1.165, 1.54) is 0 Å². The van der Waals surface area contributed by atoms with Gasteiger partial charge in [-0.05, 0) is 37.8 Å². The summed E-state index contributed by atoms with van der Waals surface area (Å²) in [5.74, 6) is 0. The minimum absolute atomic E-state index is 0.0357. The van der Waals surface area contributed by atoms with Crippen LogP contribution in [0.1, 0.15) is 56.3 Å². The number of nitrogens with one attached hydrogen (secondary N) is 2. The van der Waals surface area contributed by atoms with Gasteiger partial charge in [0.1, 0.15) is 0 Å². The highest BCUT2D eigenvalue weighted by atomic mass is 16.2. The highest BCUT2D eigenvalue weighted by Crippen LogP contribution is 2.29. The second-order valence-electron chi connectivity index (χ2n) is 7.32. The van der Waals surface area contributed by atoms with Crippen LogP contribution in [0.25, 0.3) is 0 Å². The summed E-state index contributed by atoms with van der Waals surface area (Å²) in [5, 5.41) is 10.4. The van der Waals surface area contributed by atoms with E-state index >= 15 is 0 Å². The van der Waals surface area contributed by atoms with Gasteiger partial charge < -0.3 is 10.6 Å². The Bertz CT molecular complexity index is 740. The van der Waals surface area contributed by atoms with Gasteiger partial charge in [-0.25, -0.2) is 4.79 Å². The van der Waals surface area contributed by atoms with Gasteiger partial charge in [-0.15, -0.1) is 0 Å². The van der Waals surface area contributed by atoms with Crippen LogP contribution in [0.15, 0.2) is 24.3 Å². The highest BCUT2D eigenvalue weighted by molar-refractivity contribution is 5.90. The Kier molecular flexibility index (Phi) is 5.02. The van der Waals surface area contributed by atoms with Crippen LogP contribution in [0.3, 0.4) is 0 Å². The lowest BCUT2D eigenvalue weighted by atomic mass is 9.86. The van der Waals surface area contributed by atoms with E-state index in [-0.39, 0.29) is 17.5 Å². The quantitative estimate of drug-likeness (QED) is 0.886. The summed E-state index contributed by atoms with van der Waals surface area (Å²) >= 11 is 0. The summed E-state index contributed by atoms with van der Waals surface area (Å²) in [6.07, 6.45) is 0. The van der Waals surface area contributed by atoms with Crippen LogP contribution in [-0.4, -0.2) is 15.8 Å². The van der Waals surface area contributed by atoms with Crippen molar-refractivity contribution >= 4 is 11.7 Å². The molecule has 1 atom stereocenters. The Labute approximate surface area is 144 Å². The van der Waals surface area contributed by atoms with Crippen molar-refractivity contribution in [2.45, 2.75) is 53.0 Å². The predicted molar refractivity (Wildman–Crippen MR) is 98.4 cm³/mol. The molecule has 1 aromatic heterocycles. The Morgan fingerprint density at radius 3 is 2.38 bits per heavy atom. The second-order valence-corrected chi connectivity index (χ2v) is 7.32. The molecule has 2 N–H and O–H groups in total. The number of hydrogen-bond acceptors (Lipinski definition) is 2. The minimum Gasteiger partial charge on any atom is -0.331 e. The van der Waals surface area contributed by atoms with Crippen LogP contribution in [0, 0.1) is 13.8 Å². The van der Waals surface area contributed by atoms with Crippen molar-refractivity contribution in [1.29, 1.82) is 0 Å². The number of nitrogens with zero attached hydrogens (tertiary/aromatic N) is 2. The highest BCUT2D eigenvalue weighted by Gasteiger charge is 2.21. The lowest BCUT2D eigenvalue weighted by Gasteiger charge is -2.23. The molecule has 0 unspecified atom stereocenters. The number of amides is 2. The van der Waals surface area contributed by atoms with Gasteiger partial charge in [-0.1, -0.05) is 39.0 Å². The summed E-state index contributed by atoms with van der Waals surface area (Å²) in [7, 11) is 1.91. The van der Waals surface area contributed by atoms with Gasteiger partial charge >= 0.3 is 6.03 Å². The summed E-state index contributed by atoms with van der Waals surface area (Å²) in [6, 6.07) is 7.60. The Morgan fingerprint density at radius 1 is 1.21 bits per heavy atom. The SMILES string of the molecule is Cc1nn(C)c(C)c1[C@@H](C)NC(=O)Nc1ccccc1C(C)(C)C. The summed E-state index contributed by atoms with van der Waals surface area (Å²) < 4.78 is 1.84. The number of aryl methyl sites for hydroxylation is 2. The second kappa shape index (κ2) is 6.67. The molecule has 0 saturated carbocycles. The first kappa shape index (κ1) is 18.0. The minimum atomic E-state index is -0.207. The molecule has 1 heterocycles. The molecule has 0 aliphatic rings. The molecule has 0 aliphatic heterocycles. The third-order valence-corrected chi connectivity index (χ3v) is 4.33. The van der Waals surface area contributed by atoms with Crippen LogP contribution in [0.2, 0.25) is 0 Å². The lowest BCUT2D eigenvalue weighted by Crippen LogP contribution is -2.32. The van der Waals surface area contributed by atoms with E-state index in [9.17, 15) is 4.79 Å². The molecule has 2 rings (SSSR count). The zero-order valence-electron chi connectivity index (χ0n) is 15.7. The van der Waals surface area contributed by atoms with Crippen LogP contribution >= 0.6 is 0 Å². The molecular weight excluding hydrogens is 300 g/mol. The van der Waals surface area contributed by atoms with E-state index in [0.717, 1.165) is 28.2 Å². The molecule has 5 nitrogen and oxygen atoms in total. The summed E-state index contributed by atoms with van der Waals surface area (Å²) in [5.41, 5.74) is 4.99. The number of para-hydroxylation sites is 1. The van der Waals surface area contributed by atoms with Gasteiger partial charge in [0.25, 0.3) is 0 Å². The maximum Gasteiger partial charge on any atom is 0.319 e. The number of hydrogen-bond donors (Lipinski definition) is 2. The van der Waals surface area contributed by atoms with E-state index in [1.54, 1.807) is 0 Å². The molecule has 0 spiro atoms. The number of anilines is 1. The van der Waals surface area contributed by atoms with Gasteiger partial charge in [0, 0.05) is 24.0 Å². The van der Waals surface area contributed by atoms with Crippen molar-refractivity contribution in [2.24, 2.45) is 7.05 Å². The van der Waals surface area contributed by atoms with Crippen molar-refractivity contribution in [2.75, 3.05) is 5.32 Å². The van der Waals surface area contributed by atoms with Crippen LogP contribution < -0.4 is 10.6 Å². The lowest BCUT2D eigenvalue weighted by molar-refractivity contribution is 0.249. The maximum absolute atomic E-state index is 12.5. The predicted octanol–water partition coefficient (Wildman–Crippen LogP) is 4.22. The molecule has 2 aromatic rings. The number of rotatable bonds is 3. The fraction of sp³-hybridized carbons (Fsp3) is 0.474. The number of carbonyl (C=O) groups is 1. The fourth-order valence-corrected chi connectivity index (χ4v) is 3.09. The van der Waals surface area contributed by atoms with E-state index < -0.39 is 0 Å². The fourth-order valence-electron chi connectivity index (χ4n) is 3.09. The topological polar surface area (TPSA) is 59.0 Å². The van der Waals surface area contributed by atoms with Crippen molar-refractivity contribution in [3.05, 3.63) is 46.8 Å². The maximum atomic E-state index is 12.5. The van der Waals surface area contributed by atoms with Crippen LogP contribution in [0.5, 0.6) is 0 Å². The van der Waals surface area contributed by atoms with Gasteiger partial charge in [-0.2, -0.15) is 5.10 Å². The standard InChI is InChI=1S/C19H28N4O/c1-12(17-13(2)22-23(7)14(17)3)20-18(24)21-16-11-9-8-10-15(16)19(4,5)6/h8-12H,1-7H3,(H2,20,21,24)/t12-/m1/s1. The van der Waals surface area contributed by atoms with Crippen molar-refractivity contribution in [1.82, 2.24) is 15.1 Å². The zero-order valence-corrected chi connectivity index (χ0v) is 15.7. The van der Waals surface area contributed by atoms with Crippen LogP contribution in [-0.2, 0) is 12.5 Å². The molecule has 0 fully saturated rings. The number of urea groups is 1. The number of benzene rings is 1. The van der Waals surface area contributed by atoms with E-state index in [2.05, 4.69) is 42.6 Å². The third-order valence-electron chi connectivity index (χ3n) is 4.33. The van der Waals surface area contributed by atoms with Crippen molar-refractivity contribution in [3.8, 4) is 0 Å². The molecule has 0 saturated heterocycles. The molecule has 0 radical (unpaired) electrons. The average molecular weight is 328 g/mol. The monoisotopic (exact) mass is 328 g/mol. The molecule has 5 heteroatoms. The third kappa shape index (κ3) is 3.78. The Balaban J connectivity index is 2.15.